The number of carbonyl (C=O) groups excluding carboxylic acids is 1. The fourth-order valence-corrected chi connectivity index (χ4v) is 2.04. The maximum atomic E-state index is 11.6. The molecule has 0 saturated heterocycles. The van der Waals surface area contributed by atoms with E-state index in [0.717, 1.165) is 36.6 Å². The lowest BCUT2D eigenvalue weighted by Crippen LogP contribution is -2.37. The van der Waals surface area contributed by atoms with Crippen LogP contribution in [0.4, 0.5) is 5.69 Å². The number of hydrogen-bond donors (Lipinski definition) is 3. The van der Waals surface area contributed by atoms with Crippen LogP contribution in [0.1, 0.15) is 45.6 Å². The van der Waals surface area contributed by atoms with Gasteiger partial charge in [0.25, 0.3) is 0 Å². The van der Waals surface area contributed by atoms with Gasteiger partial charge in [-0.15, -0.1) is 24.0 Å². The van der Waals surface area contributed by atoms with Crippen molar-refractivity contribution in [2.45, 2.75) is 46.6 Å². The summed E-state index contributed by atoms with van der Waals surface area (Å²) in [7, 11) is 1.77. The number of nitrogens with zero attached hydrogens (tertiary/aromatic N) is 1. The molecule has 136 valence electrons. The number of guanidine groups is 1. The van der Waals surface area contributed by atoms with Gasteiger partial charge in [-0.1, -0.05) is 32.9 Å². The number of carbonyl (C=O) groups is 1. The van der Waals surface area contributed by atoms with Crippen molar-refractivity contribution in [1.29, 1.82) is 0 Å². The lowest BCUT2D eigenvalue weighted by molar-refractivity contribution is -0.116. The van der Waals surface area contributed by atoms with E-state index in [1.165, 1.54) is 0 Å². The lowest BCUT2D eigenvalue weighted by atomic mass is 10.1. The number of amides is 1. The van der Waals surface area contributed by atoms with E-state index in [1.807, 2.05) is 31.2 Å². The van der Waals surface area contributed by atoms with E-state index in [2.05, 4.69) is 34.8 Å². The average Bonchev–Trinajstić information content (AvgIpc) is 2.52. The molecule has 3 N–H and O–H groups in total. The van der Waals surface area contributed by atoms with Gasteiger partial charge in [0, 0.05) is 32.2 Å². The van der Waals surface area contributed by atoms with Crippen LogP contribution in [-0.2, 0) is 11.3 Å². The zero-order valence-corrected chi connectivity index (χ0v) is 17.5. The Hall–Kier alpha value is -1.31. The van der Waals surface area contributed by atoms with Crippen LogP contribution in [-0.4, -0.2) is 25.5 Å². The molecule has 6 heteroatoms. The Morgan fingerprint density at radius 2 is 1.83 bits per heavy atom. The smallest absolute Gasteiger partial charge is 0.224 e. The molecule has 0 bridgehead atoms. The molecule has 0 heterocycles. The van der Waals surface area contributed by atoms with Crippen molar-refractivity contribution in [3.8, 4) is 0 Å². The topological polar surface area (TPSA) is 65.5 Å². The second-order valence-corrected chi connectivity index (χ2v) is 6.03. The summed E-state index contributed by atoms with van der Waals surface area (Å²) in [5.41, 5.74) is 1.98. The minimum atomic E-state index is 0. The minimum absolute atomic E-state index is 0. The van der Waals surface area contributed by atoms with Crippen LogP contribution < -0.4 is 16.0 Å². The molecule has 0 fully saturated rings. The highest BCUT2D eigenvalue weighted by atomic mass is 127. The number of nitrogens with one attached hydrogen (secondary N) is 3. The molecule has 0 radical (unpaired) electrons. The van der Waals surface area contributed by atoms with Crippen LogP contribution in [0.5, 0.6) is 0 Å². The Morgan fingerprint density at radius 1 is 1.17 bits per heavy atom. The third-order valence-corrected chi connectivity index (χ3v) is 3.41. The van der Waals surface area contributed by atoms with E-state index in [1.54, 1.807) is 7.05 Å². The number of aliphatic imine (C=N–C) groups is 1. The van der Waals surface area contributed by atoms with Gasteiger partial charge in [-0.25, -0.2) is 0 Å². The fourth-order valence-electron chi connectivity index (χ4n) is 2.04. The van der Waals surface area contributed by atoms with Crippen molar-refractivity contribution < 1.29 is 4.79 Å². The molecule has 1 aromatic carbocycles. The first-order valence-electron chi connectivity index (χ1n) is 8.38. The van der Waals surface area contributed by atoms with Crippen LogP contribution in [0.15, 0.2) is 29.3 Å². The van der Waals surface area contributed by atoms with Gasteiger partial charge >= 0.3 is 0 Å². The average molecular weight is 446 g/mol. The molecular formula is C18H31IN4O. The van der Waals surface area contributed by atoms with Gasteiger partial charge in [0.15, 0.2) is 5.96 Å². The summed E-state index contributed by atoms with van der Waals surface area (Å²) in [5.74, 6) is 1.55. The monoisotopic (exact) mass is 446 g/mol. The molecule has 0 atom stereocenters. The summed E-state index contributed by atoms with van der Waals surface area (Å²) in [6.07, 6.45) is 2.53. The van der Waals surface area contributed by atoms with Crippen molar-refractivity contribution >= 4 is 41.5 Å². The zero-order valence-electron chi connectivity index (χ0n) is 15.2. The Kier molecular flexibility index (Phi) is 12.3. The van der Waals surface area contributed by atoms with Gasteiger partial charge in [-0.3, -0.25) is 9.79 Å². The normalized spacial score (nSPS) is 11.0. The Morgan fingerprint density at radius 3 is 2.38 bits per heavy atom. The maximum Gasteiger partial charge on any atom is 0.224 e. The first kappa shape index (κ1) is 22.7. The van der Waals surface area contributed by atoms with Crippen LogP contribution >= 0.6 is 24.0 Å². The van der Waals surface area contributed by atoms with Gasteiger partial charge < -0.3 is 16.0 Å². The van der Waals surface area contributed by atoms with Crippen molar-refractivity contribution in [1.82, 2.24) is 10.6 Å². The Bertz CT molecular complexity index is 500. The van der Waals surface area contributed by atoms with E-state index in [4.69, 9.17) is 0 Å². The summed E-state index contributed by atoms with van der Waals surface area (Å²) in [6, 6.07) is 7.88. The highest BCUT2D eigenvalue weighted by molar-refractivity contribution is 14.0. The third-order valence-electron chi connectivity index (χ3n) is 3.41. The number of halogens is 1. The molecule has 0 aliphatic heterocycles. The van der Waals surface area contributed by atoms with Gasteiger partial charge in [0.05, 0.1) is 0 Å². The van der Waals surface area contributed by atoms with Crippen molar-refractivity contribution in [3.05, 3.63) is 29.8 Å². The predicted molar refractivity (Wildman–Crippen MR) is 113 cm³/mol. The van der Waals surface area contributed by atoms with E-state index in [-0.39, 0.29) is 29.9 Å². The van der Waals surface area contributed by atoms with Crippen molar-refractivity contribution in [2.24, 2.45) is 10.9 Å². The molecule has 1 aromatic rings. The fraction of sp³-hybridized carbons (Fsp3) is 0.556. The van der Waals surface area contributed by atoms with Crippen LogP contribution in [0, 0.1) is 5.92 Å². The Balaban J connectivity index is 0.00000529. The van der Waals surface area contributed by atoms with Crippen LogP contribution in [0.25, 0.3) is 0 Å². The Labute approximate surface area is 163 Å². The standard InChI is InChI=1S/C18H30N4O.HI/c1-5-6-17(23)22-16-9-7-15(8-10-16)13-21-18(19-4)20-12-11-14(2)3;/h7-10,14H,5-6,11-13H2,1-4H3,(H,22,23)(H2,19,20,21);1H. The van der Waals surface area contributed by atoms with Crippen molar-refractivity contribution in [3.63, 3.8) is 0 Å². The third kappa shape index (κ3) is 9.75. The molecule has 0 spiro atoms. The molecule has 24 heavy (non-hydrogen) atoms. The van der Waals surface area contributed by atoms with E-state index >= 15 is 0 Å². The quantitative estimate of drug-likeness (QED) is 0.324. The molecule has 5 nitrogen and oxygen atoms in total. The van der Waals surface area contributed by atoms with Crippen LogP contribution in [0.2, 0.25) is 0 Å². The van der Waals surface area contributed by atoms with Gasteiger partial charge in [0.1, 0.15) is 0 Å². The number of hydrogen-bond acceptors (Lipinski definition) is 2. The molecule has 0 unspecified atom stereocenters. The van der Waals surface area contributed by atoms with Crippen molar-refractivity contribution in [2.75, 3.05) is 18.9 Å². The molecule has 1 amide bonds. The highest BCUT2D eigenvalue weighted by Gasteiger charge is 2.02. The van der Waals surface area contributed by atoms with Gasteiger partial charge in [-0.05, 0) is 36.5 Å². The second-order valence-electron chi connectivity index (χ2n) is 6.03. The molecule has 0 saturated carbocycles. The van der Waals surface area contributed by atoms with Crippen LogP contribution in [0.3, 0.4) is 0 Å². The summed E-state index contributed by atoms with van der Waals surface area (Å²) in [5, 5.41) is 9.49. The minimum Gasteiger partial charge on any atom is -0.356 e. The van der Waals surface area contributed by atoms with Gasteiger partial charge in [0.2, 0.25) is 5.91 Å². The van der Waals surface area contributed by atoms with Gasteiger partial charge in [-0.2, -0.15) is 0 Å². The van der Waals surface area contributed by atoms with E-state index in [9.17, 15) is 4.79 Å². The number of rotatable bonds is 8. The van der Waals surface area contributed by atoms with E-state index < -0.39 is 0 Å². The molecule has 0 aromatic heterocycles. The summed E-state index contributed by atoms with van der Waals surface area (Å²) in [4.78, 5) is 15.8. The molecular weight excluding hydrogens is 415 g/mol. The highest BCUT2D eigenvalue weighted by Crippen LogP contribution is 2.10. The molecule has 1 rings (SSSR count). The predicted octanol–water partition coefficient (Wildman–Crippen LogP) is 3.75. The zero-order chi connectivity index (χ0) is 17.1. The first-order chi connectivity index (χ1) is 11.0. The summed E-state index contributed by atoms with van der Waals surface area (Å²) in [6.45, 7) is 8.03. The summed E-state index contributed by atoms with van der Waals surface area (Å²) < 4.78 is 0. The lowest BCUT2D eigenvalue weighted by Gasteiger charge is -2.13. The second kappa shape index (κ2) is 13.0. The number of anilines is 1. The first-order valence-corrected chi connectivity index (χ1v) is 8.38. The number of benzene rings is 1. The largest absolute Gasteiger partial charge is 0.356 e. The summed E-state index contributed by atoms with van der Waals surface area (Å²) >= 11 is 0. The molecule has 0 aliphatic carbocycles. The molecule has 0 aliphatic rings. The maximum absolute atomic E-state index is 11.6. The SMILES string of the molecule is CCCC(=O)Nc1ccc(CNC(=NC)NCCC(C)C)cc1.I. The van der Waals surface area contributed by atoms with E-state index in [0.29, 0.717) is 18.9 Å².